The van der Waals surface area contributed by atoms with Gasteiger partial charge in [-0.2, -0.15) is 0 Å². The molecule has 0 radical (unpaired) electrons. The van der Waals surface area contributed by atoms with Crippen LogP contribution in [0.25, 0.3) is 0 Å². The lowest BCUT2D eigenvalue weighted by molar-refractivity contribution is -0.383. The van der Waals surface area contributed by atoms with Crippen molar-refractivity contribution in [1.29, 1.82) is 0 Å². The zero-order valence-corrected chi connectivity index (χ0v) is 9.84. The molecule has 0 saturated carbocycles. The Morgan fingerprint density at radius 2 is 2.18 bits per heavy atom. The van der Waals surface area contributed by atoms with Gasteiger partial charge in [0.05, 0.1) is 10.5 Å². The quantitative estimate of drug-likeness (QED) is 0.488. The molecule has 0 atom stereocenters. The molecule has 0 aromatic heterocycles. The van der Waals surface area contributed by atoms with E-state index in [0.29, 0.717) is 18.8 Å². The average molecular weight is 237 g/mol. The Balaban J connectivity index is 2.29. The SMILES string of the molecule is COC1(C)CN(c2cccc(N)c2[N+](=O)[O-])C1. The predicted octanol–water partition coefficient (Wildman–Crippen LogP) is 1.40. The van der Waals surface area contributed by atoms with Gasteiger partial charge in [0.2, 0.25) is 0 Å². The molecule has 0 aliphatic carbocycles. The molecule has 1 aromatic rings. The summed E-state index contributed by atoms with van der Waals surface area (Å²) in [6, 6.07) is 4.97. The number of rotatable bonds is 3. The topological polar surface area (TPSA) is 81.6 Å². The van der Waals surface area contributed by atoms with E-state index in [9.17, 15) is 10.1 Å². The molecule has 92 valence electrons. The van der Waals surface area contributed by atoms with Crippen molar-refractivity contribution < 1.29 is 9.66 Å². The number of benzene rings is 1. The molecule has 0 spiro atoms. The van der Waals surface area contributed by atoms with Gasteiger partial charge in [0, 0.05) is 20.2 Å². The number of nitro groups is 1. The molecule has 1 heterocycles. The Hall–Kier alpha value is -1.82. The summed E-state index contributed by atoms with van der Waals surface area (Å²) in [6.07, 6.45) is 0. The molecular formula is C11H15N3O3. The highest BCUT2D eigenvalue weighted by Crippen LogP contribution is 2.38. The number of hydrogen-bond donors (Lipinski definition) is 1. The number of methoxy groups -OCH3 is 1. The number of ether oxygens (including phenoxy) is 1. The van der Waals surface area contributed by atoms with Crippen LogP contribution in [0, 0.1) is 10.1 Å². The number of nitrogens with zero attached hydrogens (tertiary/aromatic N) is 2. The first kappa shape index (κ1) is 11.7. The monoisotopic (exact) mass is 237 g/mol. The summed E-state index contributed by atoms with van der Waals surface area (Å²) in [4.78, 5) is 12.4. The second-order valence-corrected chi connectivity index (χ2v) is 4.48. The Bertz CT molecular complexity index is 455. The van der Waals surface area contributed by atoms with Crippen molar-refractivity contribution in [2.24, 2.45) is 0 Å². The zero-order chi connectivity index (χ0) is 12.6. The summed E-state index contributed by atoms with van der Waals surface area (Å²) in [5.41, 5.74) is 6.15. The first-order chi connectivity index (χ1) is 7.97. The number of nitro benzene ring substituents is 1. The molecular weight excluding hydrogens is 222 g/mol. The third kappa shape index (κ3) is 1.91. The molecule has 0 bridgehead atoms. The lowest BCUT2D eigenvalue weighted by Crippen LogP contribution is -2.61. The van der Waals surface area contributed by atoms with Gasteiger partial charge >= 0.3 is 5.69 Å². The largest absolute Gasteiger partial charge is 0.393 e. The van der Waals surface area contributed by atoms with E-state index in [1.807, 2.05) is 11.8 Å². The van der Waals surface area contributed by atoms with Gasteiger partial charge in [-0.3, -0.25) is 10.1 Å². The van der Waals surface area contributed by atoms with E-state index in [2.05, 4.69) is 0 Å². The molecule has 1 saturated heterocycles. The maximum absolute atomic E-state index is 11.0. The van der Waals surface area contributed by atoms with Crippen LogP contribution in [0.4, 0.5) is 17.1 Å². The van der Waals surface area contributed by atoms with Crippen molar-refractivity contribution >= 4 is 17.1 Å². The van der Waals surface area contributed by atoms with Gasteiger partial charge in [-0.15, -0.1) is 0 Å². The van der Waals surface area contributed by atoms with E-state index in [1.54, 1.807) is 19.2 Å². The van der Waals surface area contributed by atoms with Crippen LogP contribution < -0.4 is 10.6 Å². The maximum Gasteiger partial charge on any atom is 0.315 e. The van der Waals surface area contributed by atoms with Gasteiger partial charge in [-0.1, -0.05) is 6.07 Å². The van der Waals surface area contributed by atoms with E-state index < -0.39 is 4.92 Å². The minimum atomic E-state index is -0.437. The Morgan fingerprint density at radius 3 is 2.71 bits per heavy atom. The minimum Gasteiger partial charge on any atom is -0.393 e. The fraction of sp³-hybridized carbons (Fsp3) is 0.455. The first-order valence-corrected chi connectivity index (χ1v) is 5.30. The van der Waals surface area contributed by atoms with Gasteiger partial charge in [0.1, 0.15) is 11.4 Å². The van der Waals surface area contributed by atoms with Gasteiger partial charge in [0.25, 0.3) is 0 Å². The van der Waals surface area contributed by atoms with Gasteiger partial charge in [-0.25, -0.2) is 0 Å². The predicted molar refractivity (Wildman–Crippen MR) is 65.1 cm³/mol. The van der Waals surface area contributed by atoms with Crippen LogP contribution in [-0.4, -0.2) is 30.7 Å². The average Bonchev–Trinajstić information content (AvgIpc) is 2.24. The van der Waals surface area contributed by atoms with Crippen molar-refractivity contribution in [3.8, 4) is 0 Å². The third-order valence-corrected chi connectivity index (χ3v) is 3.11. The molecule has 1 fully saturated rings. The number of hydrogen-bond acceptors (Lipinski definition) is 5. The van der Waals surface area contributed by atoms with Gasteiger partial charge < -0.3 is 15.4 Å². The van der Waals surface area contributed by atoms with Crippen LogP contribution in [0.3, 0.4) is 0 Å². The summed E-state index contributed by atoms with van der Waals surface area (Å²) in [5.74, 6) is 0. The minimum absolute atomic E-state index is 0.0225. The smallest absolute Gasteiger partial charge is 0.315 e. The van der Waals surface area contributed by atoms with Crippen molar-refractivity contribution in [1.82, 2.24) is 0 Å². The second-order valence-electron chi connectivity index (χ2n) is 4.48. The van der Waals surface area contributed by atoms with Crippen molar-refractivity contribution in [3.63, 3.8) is 0 Å². The highest BCUT2D eigenvalue weighted by atomic mass is 16.6. The van der Waals surface area contributed by atoms with E-state index >= 15 is 0 Å². The van der Waals surface area contributed by atoms with Crippen LogP contribution in [0.2, 0.25) is 0 Å². The van der Waals surface area contributed by atoms with Gasteiger partial charge in [-0.05, 0) is 19.1 Å². The summed E-state index contributed by atoms with van der Waals surface area (Å²) in [7, 11) is 1.64. The summed E-state index contributed by atoms with van der Waals surface area (Å²) in [5, 5.41) is 11.0. The van der Waals surface area contributed by atoms with Crippen molar-refractivity contribution in [3.05, 3.63) is 28.3 Å². The lowest BCUT2D eigenvalue weighted by atomic mass is 9.95. The highest BCUT2D eigenvalue weighted by Gasteiger charge is 2.41. The van der Waals surface area contributed by atoms with Gasteiger partial charge in [0.15, 0.2) is 0 Å². The standard InChI is InChI=1S/C11H15N3O3/c1-11(17-2)6-13(7-11)9-5-3-4-8(12)10(9)14(15)16/h3-5H,6-7,12H2,1-2H3. The summed E-state index contributed by atoms with van der Waals surface area (Å²) < 4.78 is 5.31. The van der Waals surface area contributed by atoms with Crippen LogP contribution in [0.15, 0.2) is 18.2 Å². The van der Waals surface area contributed by atoms with E-state index in [-0.39, 0.29) is 17.0 Å². The molecule has 1 aliphatic heterocycles. The summed E-state index contributed by atoms with van der Waals surface area (Å²) in [6.45, 7) is 3.24. The molecule has 0 amide bonds. The fourth-order valence-corrected chi connectivity index (χ4v) is 2.06. The van der Waals surface area contributed by atoms with E-state index in [4.69, 9.17) is 10.5 Å². The summed E-state index contributed by atoms with van der Waals surface area (Å²) >= 11 is 0. The Morgan fingerprint density at radius 1 is 1.53 bits per heavy atom. The number of nitrogen functional groups attached to an aromatic ring is 1. The first-order valence-electron chi connectivity index (χ1n) is 5.30. The van der Waals surface area contributed by atoms with Crippen LogP contribution in [-0.2, 0) is 4.74 Å². The van der Waals surface area contributed by atoms with Crippen molar-refractivity contribution in [2.75, 3.05) is 30.8 Å². The van der Waals surface area contributed by atoms with Crippen molar-refractivity contribution in [2.45, 2.75) is 12.5 Å². The maximum atomic E-state index is 11.0. The molecule has 1 aliphatic rings. The molecule has 17 heavy (non-hydrogen) atoms. The molecule has 0 unspecified atom stereocenters. The van der Waals surface area contributed by atoms with E-state index in [0.717, 1.165) is 0 Å². The number of anilines is 2. The molecule has 6 nitrogen and oxygen atoms in total. The van der Waals surface area contributed by atoms with E-state index in [1.165, 1.54) is 6.07 Å². The normalized spacial score (nSPS) is 17.6. The lowest BCUT2D eigenvalue weighted by Gasteiger charge is -2.47. The van der Waals surface area contributed by atoms with Crippen LogP contribution >= 0.6 is 0 Å². The highest BCUT2D eigenvalue weighted by molar-refractivity contribution is 5.76. The molecule has 2 rings (SSSR count). The number of nitrogens with two attached hydrogens (primary N) is 1. The Kier molecular flexibility index (Phi) is 2.66. The molecule has 6 heteroatoms. The molecule has 1 aromatic carbocycles. The zero-order valence-electron chi connectivity index (χ0n) is 9.84. The molecule has 2 N–H and O–H groups in total. The van der Waals surface area contributed by atoms with Crippen LogP contribution in [0.5, 0.6) is 0 Å². The second kappa shape index (κ2) is 3.89. The van der Waals surface area contributed by atoms with Crippen LogP contribution in [0.1, 0.15) is 6.92 Å². The number of para-hydroxylation sites is 1. The Labute approximate surface area is 99.1 Å². The fourth-order valence-electron chi connectivity index (χ4n) is 2.06. The third-order valence-electron chi connectivity index (χ3n) is 3.11.